The van der Waals surface area contributed by atoms with Gasteiger partial charge >= 0.3 is 0 Å². The first-order chi connectivity index (χ1) is 8.08. The van der Waals surface area contributed by atoms with Gasteiger partial charge in [0.05, 0.1) is 29.8 Å². The number of aromatic nitrogens is 2. The van der Waals surface area contributed by atoms with Gasteiger partial charge in [-0.25, -0.2) is 4.98 Å². The summed E-state index contributed by atoms with van der Waals surface area (Å²) in [6, 6.07) is 0. The van der Waals surface area contributed by atoms with E-state index < -0.39 is 0 Å². The van der Waals surface area contributed by atoms with E-state index in [0.717, 1.165) is 4.47 Å². The van der Waals surface area contributed by atoms with E-state index in [1.165, 1.54) is 0 Å². The molecule has 17 heavy (non-hydrogen) atoms. The fourth-order valence-corrected chi connectivity index (χ4v) is 1.97. The summed E-state index contributed by atoms with van der Waals surface area (Å²) in [5.41, 5.74) is 0. The molecule has 1 atom stereocenters. The lowest BCUT2D eigenvalue weighted by molar-refractivity contribution is 0.199. The van der Waals surface area contributed by atoms with Gasteiger partial charge in [0.1, 0.15) is 0 Å². The van der Waals surface area contributed by atoms with Gasteiger partial charge in [-0.1, -0.05) is 0 Å². The zero-order valence-electron chi connectivity index (χ0n) is 9.98. The first-order valence-corrected chi connectivity index (χ1v) is 6.22. The molecule has 0 bridgehead atoms. The van der Waals surface area contributed by atoms with Crippen molar-refractivity contribution in [3.05, 3.63) is 10.7 Å². The Morgan fingerprint density at radius 1 is 1.53 bits per heavy atom. The summed E-state index contributed by atoms with van der Waals surface area (Å²) in [6.45, 7) is 1.08. The van der Waals surface area contributed by atoms with Gasteiger partial charge in [-0.05, 0) is 15.9 Å². The van der Waals surface area contributed by atoms with Gasteiger partial charge < -0.3 is 14.4 Å². The second kappa shape index (κ2) is 6.98. The van der Waals surface area contributed by atoms with Crippen molar-refractivity contribution in [2.24, 2.45) is 0 Å². The highest BCUT2D eigenvalue weighted by molar-refractivity contribution is 9.10. The van der Waals surface area contributed by atoms with Gasteiger partial charge in [0.15, 0.2) is 0 Å². The largest absolute Gasteiger partial charge is 0.480 e. The van der Waals surface area contributed by atoms with E-state index in [1.54, 1.807) is 20.4 Å². The van der Waals surface area contributed by atoms with Crippen molar-refractivity contribution in [2.45, 2.75) is 5.38 Å². The van der Waals surface area contributed by atoms with Gasteiger partial charge in [0.25, 0.3) is 0 Å². The molecule has 1 aromatic rings. The maximum absolute atomic E-state index is 6.07. The molecular weight excluding hydrogens is 309 g/mol. The summed E-state index contributed by atoms with van der Waals surface area (Å²) in [4.78, 5) is 10.3. The molecule has 0 aliphatic rings. The quantitative estimate of drug-likeness (QED) is 0.748. The average Bonchev–Trinajstić information content (AvgIpc) is 2.29. The number of methoxy groups -OCH3 is 2. The van der Waals surface area contributed by atoms with Gasteiger partial charge in [-0.15, -0.1) is 11.6 Å². The van der Waals surface area contributed by atoms with E-state index in [0.29, 0.717) is 25.0 Å². The minimum Gasteiger partial charge on any atom is -0.480 e. The Morgan fingerprint density at radius 2 is 2.24 bits per heavy atom. The van der Waals surface area contributed by atoms with E-state index in [9.17, 15) is 0 Å². The predicted octanol–water partition coefficient (Wildman–Crippen LogP) is 1.94. The van der Waals surface area contributed by atoms with Crippen molar-refractivity contribution in [3.8, 4) is 5.88 Å². The number of hydrogen-bond acceptors (Lipinski definition) is 5. The molecule has 7 heteroatoms. The number of nitrogens with zero attached hydrogens (tertiary/aromatic N) is 3. The lowest BCUT2D eigenvalue weighted by Crippen LogP contribution is -2.29. The second-order valence-electron chi connectivity index (χ2n) is 3.46. The Kier molecular flexibility index (Phi) is 5.94. The molecule has 0 aliphatic heterocycles. The zero-order chi connectivity index (χ0) is 12.8. The van der Waals surface area contributed by atoms with Crippen LogP contribution in [0.25, 0.3) is 0 Å². The summed E-state index contributed by atoms with van der Waals surface area (Å²) in [7, 11) is 5.05. The molecule has 0 aliphatic carbocycles. The lowest BCUT2D eigenvalue weighted by Gasteiger charge is -2.20. The number of hydrogen-bond donors (Lipinski definition) is 0. The van der Waals surface area contributed by atoms with Crippen LogP contribution in [-0.2, 0) is 4.74 Å². The molecule has 0 N–H and O–H groups in total. The minimum atomic E-state index is -0.108. The normalized spacial score (nSPS) is 12.3. The lowest BCUT2D eigenvalue weighted by atomic mass is 10.4. The predicted molar refractivity (Wildman–Crippen MR) is 71.1 cm³/mol. The Bertz CT molecular complexity index is 367. The maximum atomic E-state index is 6.07. The first kappa shape index (κ1) is 14.5. The molecule has 0 aromatic carbocycles. The molecule has 0 fully saturated rings. The third-order valence-corrected chi connectivity index (χ3v) is 2.86. The standard InChI is InChI=1S/C10H15BrClN3O2/c1-15(5-7(12)6-16-2)10-13-4-8(11)9(14-10)17-3/h4,7H,5-6H2,1-3H3. The zero-order valence-corrected chi connectivity index (χ0v) is 12.3. The monoisotopic (exact) mass is 323 g/mol. The van der Waals surface area contributed by atoms with Crippen molar-refractivity contribution < 1.29 is 9.47 Å². The van der Waals surface area contributed by atoms with Crippen molar-refractivity contribution >= 4 is 33.5 Å². The van der Waals surface area contributed by atoms with Gasteiger partial charge in [0, 0.05) is 20.7 Å². The summed E-state index contributed by atoms with van der Waals surface area (Å²) in [5, 5.41) is -0.108. The summed E-state index contributed by atoms with van der Waals surface area (Å²) in [5.74, 6) is 1.06. The molecule has 1 unspecified atom stereocenters. The van der Waals surface area contributed by atoms with Crippen LogP contribution in [0.4, 0.5) is 5.95 Å². The summed E-state index contributed by atoms with van der Waals surface area (Å²) in [6.07, 6.45) is 1.65. The molecule has 1 aromatic heterocycles. The SMILES string of the molecule is COCC(Cl)CN(C)c1ncc(Br)c(OC)n1. The molecule has 0 saturated carbocycles. The van der Waals surface area contributed by atoms with E-state index in [-0.39, 0.29) is 5.38 Å². The molecule has 0 spiro atoms. The Labute approximate surface area is 114 Å². The van der Waals surface area contributed by atoms with Crippen LogP contribution < -0.4 is 9.64 Å². The maximum Gasteiger partial charge on any atom is 0.232 e. The van der Waals surface area contributed by atoms with Crippen LogP contribution in [0, 0.1) is 0 Å². The van der Waals surface area contributed by atoms with Crippen LogP contribution >= 0.6 is 27.5 Å². The number of halogens is 2. The third kappa shape index (κ3) is 4.29. The van der Waals surface area contributed by atoms with Crippen LogP contribution in [0.3, 0.4) is 0 Å². The fourth-order valence-electron chi connectivity index (χ4n) is 1.28. The van der Waals surface area contributed by atoms with Crippen LogP contribution in [0.15, 0.2) is 10.7 Å². The number of ether oxygens (including phenoxy) is 2. The average molecular weight is 325 g/mol. The number of anilines is 1. The van der Waals surface area contributed by atoms with E-state index in [1.807, 2.05) is 11.9 Å². The Balaban J connectivity index is 2.71. The molecule has 1 heterocycles. The molecule has 5 nitrogen and oxygen atoms in total. The molecule has 96 valence electrons. The first-order valence-electron chi connectivity index (χ1n) is 4.99. The van der Waals surface area contributed by atoms with E-state index in [2.05, 4.69) is 25.9 Å². The van der Waals surface area contributed by atoms with E-state index in [4.69, 9.17) is 21.1 Å². The summed E-state index contributed by atoms with van der Waals surface area (Å²) < 4.78 is 10.8. The molecule has 0 saturated heterocycles. The third-order valence-electron chi connectivity index (χ3n) is 2.05. The van der Waals surface area contributed by atoms with Crippen molar-refractivity contribution in [2.75, 3.05) is 39.3 Å². The highest BCUT2D eigenvalue weighted by Gasteiger charge is 2.13. The number of alkyl halides is 1. The van der Waals surface area contributed by atoms with Crippen molar-refractivity contribution in [1.82, 2.24) is 9.97 Å². The fraction of sp³-hybridized carbons (Fsp3) is 0.600. The molecular formula is C10H15BrClN3O2. The minimum absolute atomic E-state index is 0.108. The van der Waals surface area contributed by atoms with Crippen LogP contribution in [-0.4, -0.2) is 49.8 Å². The summed E-state index contributed by atoms with van der Waals surface area (Å²) >= 11 is 9.37. The van der Waals surface area contributed by atoms with Crippen LogP contribution in [0.5, 0.6) is 5.88 Å². The molecule has 0 amide bonds. The topological polar surface area (TPSA) is 47.5 Å². The van der Waals surface area contributed by atoms with Gasteiger partial charge in [-0.3, -0.25) is 0 Å². The van der Waals surface area contributed by atoms with E-state index >= 15 is 0 Å². The number of rotatable bonds is 6. The Hall–Kier alpha value is -0.590. The van der Waals surface area contributed by atoms with Gasteiger partial charge in [0.2, 0.25) is 11.8 Å². The molecule has 1 rings (SSSR count). The Morgan fingerprint density at radius 3 is 2.82 bits per heavy atom. The van der Waals surface area contributed by atoms with Gasteiger partial charge in [-0.2, -0.15) is 4.98 Å². The van der Waals surface area contributed by atoms with Crippen molar-refractivity contribution in [1.29, 1.82) is 0 Å². The highest BCUT2D eigenvalue weighted by atomic mass is 79.9. The van der Waals surface area contributed by atoms with Crippen molar-refractivity contribution in [3.63, 3.8) is 0 Å². The smallest absolute Gasteiger partial charge is 0.232 e. The highest BCUT2D eigenvalue weighted by Crippen LogP contribution is 2.23. The van der Waals surface area contributed by atoms with Crippen LogP contribution in [0.2, 0.25) is 0 Å². The molecule has 0 radical (unpaired) electrons. The second-order valence-corrected chi connectivity index (χ2v) is 4.93. The van der Waals surface area contributed by atoms with Crippen LogP contribution in [0.1, 0.15) is 0 Å².